The molecule has 2 aromatic heterocycles. The molecule has 304 valence electrons. The maximum Gasteiger partial charge on any atom is 0.407 e. The van der Waals surface area contributed by atoms with Crippen LogP contribution in [0.1, 0.15) is 74.9 Å². The summed E-state index contributed by atoms with van der Waals surface area (Å²) in [5.74, 6) is 1.43. The van der Waals surface area contributed by atoms with Crippen molar-refractivity contribution in [1.82, 2.24) is 40.0 Å². The molecule has 59 heavy (non-hydrogen) atoms. The average molecular weight is 793 g/mol. The number of alkyl carbamates (subject to hydrolysis) is 1. The minimum atomic E-state index is -0.679. The zero-order valence-electron chi connectivity index (χ0n) is 34.3. The van der Waals surface area contributed by atoms with Crippen molar-refractivity contribution in [3.8, 4) is 33.6 Å². The SMILES string of the molecule is COC(=O)N[C@H](C(=O)N1CCCC1c1ncc(-c2ccc(-c3ccc4cc(-c5cnc([C@@H]6CCCN6C(=O)[C@@H](c6ccccc6)N(C)C)[nH]5)ccc4c3)cc2)[nH]1)C(C)C. The number of methoxy groups -OCH3 is 1. The van der Waals surface area contributed by atoms with Gasteiger partial charge in [0.25, 0.3) is 0 Å². The number of hydrogen-bond acceptors (Lipinski definition) is 7. The molecule has 0 aliphatic carbocycles. The molecule has 12 nitrogen and oxygen atoms in total. The van der Waals surface area contributed by atoms with E-state index in [1.165, 1.54) is 7.11 Å². The molecule has 3 N–H and O–H groups in total. The Kier molecular flexibility index (Phi) is 11.3. The molecule has 2 aliphatic rings. The fourth-order valence-corrected chi connectivity index (χ4v) is 8.70. The second-order valence-electron chi connectivity index (χ2n) is 16.2. The first kappa shape index (κ1) is 39.6. The summed E-state index contributed by atoms with van der Waals surface area (Å²) >= 11 is 0. The highest BCUT2D eigenvalue weighted by Crippen LogP contribution is 2.37. The van der Waals surface area contributed by atoms with Crippen molar-refractivity contribution in [2.45, 2.75) is 63.7 Å². The molecule has 3 amide bonds. The van der Waals surface area contributed by atoms with Crippen LogP contribution in [0.2, 0.25) is 0 Å². The molecule has 0 saturated carbocycles. The van der Waals surface area contributed by atoms with Gasteiger partial charge < -0.3 is 29.8 Å². The Morgan fingerprint density at radius 1 is 0.712 bits per heavy atom. The highest BCUT2D eigenvalue weighted by atomic mass is 16.5. The molecule has 0 bridgehead atoms. The van der Waals surface area contributed by atoms with Crippen molar-refractivity contribution < 1.29 is 19.1 Å². The van der Waals surface area contributed by atoms with Gasteiger partial charge in [0.15, 0.2) is 0 Å². The van der Waals surface area contributed by atoms with Crippen molar-refractivity contribution in [2.75, 3.05) is 34.3 Å². The third-order valence-corrected chi connectivity index (χ3v) is 11.8. The molecule has 4 heterocycles. The maximum atomic E-state index is 14.0. The van der Waals surface area contributed by atoms with Gasteiger partial charge in [-0.1, -0.05) is 92.7 Å². The van der Waals surface area contributed by atoms with Gasteiger partial charge in [-0.25, -0.2) is 14.8 Å². The first-order valence-electron chi connectivity index (χ1n) is 20.5. The first-order valence-corrected chi connectivity index (χ1v) is 20.5. The van der Waals surface area contributed by atoms with Crippen LogP contribution in [0.15, 0.2) is 103 Å². The van der Waals surface area contributed by atoms with Gasteiger partial charge in [0.05, 0.1) is 43.0 Å². The summed E-state index contributed by atoms with van der Waals surface area (Å²) in [6.07, 6.45) is 6.55. The lowest BCUT2D eigenvalue weighted by molar-refractivity contribution is -0.137. The average Bonchev–Trinajstić information content (AvgIpc) is 4.09. The number of ether oxygens (including phenoxy) is 1. The van der Waals surface area contributed by atoms with E-state index in [4.69, 9.17) is 14.7 Å². The predicted octanol–water partition coefficient (Wildman–Crippen LogP) is 8.30. The van der Waals surface area contributed by atoms with E-state index in [1.807, 2.05) is 85.4 Å². The quantitative estimate of drug-likeness (QED) is 0.120. The minimum Gasteiger partial charge on any atom is -0.453 e. The largest absolute Gasteiger partial charge is 0.453 e. The van der Waals surface area contributed by atoms with E-state index < -0.39 is 12.1 Å². The van der Waals surface area contributed by atoms with Crippen LogP contribution in [0.4, 0.5) is 4.79 Å². The number of H-pyrrole nitrogens is 2. The highest BCUT2D eigenvalue weighted by molar-refractivity contribution is 5.91. The van der Waals surface area contributed by atoms with Crippen LogP contribution in [0.5, 0.6) is 0 Å². The Labute approximate surface area is 345 Å². The molecule has 0 radical (unpaired) electrons. The van der Waals surface area contributed by atoms with Crippen LogP contribution in [-0.2, 0) is 14.3 Å². The highest BCUT2D eigenvalue weighted by Gasteiger charge is 2.38. The first-order chi connectivity index (χ1) is 28.6. The summed E-state index contributed by atoms with van der Waals surface area (Å²) in [4.78, 5) is 61.8. The van der Waals surface area contributed by atoms with Gasteiger partial charge in [-0.05, 0) is 90.9 Å². The Bertz CT molecular complexity index is 2440. The Morgan fingerprint density at radius 3 is 1.81 bits per heavy atom. The van der Waals surface area contributed by atoms with Gasteiger partial charge in [-0.15, -0.1) is 0 Å². The minimum absolute atomic E-state index is 0.0960. The van der Waals surface area contributed by atoms with Crippen molar-refractivity contribution >= 4 is 28.7 Å². The lowest BCUT2D eigenvalue weighted by Gasteiger charge is -2.31. The third kappa shape index (κ3) is 8.09. The van der Waals surface area contributed by atoms with Crippen molar-refractivity contribution in [2.24, 2.45) is 5.92 Å². The Hall–Kier alpha value is -6.27. The number of hydrogen-bond donors (Lipinski definition) is 3. The molecular weight excluding hydrogens is 741 g/mol. The van der Waals surface area contributed by atoms with E-state index in [2.05, 4.69) is 75.9 Å². The molecule has 4 aromatic carbocycles. The second-order valence-corrected chi connectivity index (χ2v) is 16.2. The number of carbonyl (C=O) groups is 3. The number of amides is 3. The summed E-state index contributed by atoms with van der Waals surface area (Å²) in [5.41, 5.74) is 7.05. The number of rotatable bonds is 11. The van der Waals surface area contributed by atoms with Crippen LogP contribution < -0.4 is 5.32 Å². The molecule has 2 saturated heterocycles. The number of likely N-dealkylation sites (tertiary alicyclic amines) is 2. The van der Waals surface area contributed by atoms with E-state index in [9.17, 15) is 14.4 Å². The van der Waals surface area contributed by atoms with Crippen LogP contribution in [0.3, 0.4) is 0 Å². The van der Waals surface area contributed by atoms with Crippen LogP contribution >= 0.6 is 0 Å². The number of aromatic nitrogens is 4. The lowest BCUT2D eigenvalue weighted by atomic mass is 9.98. The number of benzene rings is 4. The predicted molar refractivity (Wildman–Crippen MR) is 229 cm³/mol. The van der Waals surface area contributed by atoms with Crippen LogP contribution in [0, 0.1) is 5.92 Å². The molecule has 12 heteroatoms. The number of likely N-dealkylation sites (N-methyl/N-ethyl adjacent to an activating group) is 1. The Morgan fingerprint density at radius 2 is 1.24 bits per heavy atom. The fourth-order valence-electron chi connectivity index (χ4n) is 8.70. The van der Waals surface area contributed by atoms with Crippen molar-refractivity contribution in [1.29, 1.82) is 0 Å². The van der Waals surface area contributed by atoms with E-state index in [0.717, 1.165) is 87.3 Å². The number of nitrogens with one attached hydrogen (secondary N) is 3. The molecule has 2 aliphatic heterocycles. The summed E-state index contributed by atoms with van der Waals surface area (Å²) < 4.78 is 4.77. The molecule has 1 unspecified atom stereocenters. The van der Waals surface area contributed by atoms with Gasteiger partial charge >= 0.3 is 6.09 Å². The van der Waals surface area contributed by atoms with Gasteiger partial charge in [-0.3, -0.25) is 14.5 Å². The summed E-state index contributed by atoms with van der Waals surface area (Å²) in [6, 6.07) is 30.0. The molecule has 6 aromatic rings. The summed E-state index contributed by atoms with van der Waals surface area (Å²) in [7, 11) is 5.21. The topological polar surface area (TPSA) is 140 Å². The van der Waals surface area contributed by atoms with Gasteiger partial charge in [0, 0.05) is 18.7 Å². The van der Waals surface area contributed by atoms with E-state index in [-0.39, 0.29) is 35.9 Å². The molecule has 2 fully saturated rings. The monoisotopic (exact) mass is 792 g/mol. The van der Waals surface area contributed by atoms with Crippen molar-refractivity contribution in [3.05, 3.63) is 121 Å². The van der Waals surface area contributed by atoms with Crippen LogP contribution in [0.25, 0.3) is 44.4 Å². The molecule has 4 atom stereocenters. The fraction of sp³-hybridized carbons (Fsp3) is 0.340. The zero-order chi connectivity index (χ0) is 41.2. The van der Waals surface area contributed by atoms with E-state index in [1.54, 1.807) is 0 Å². The molecule has 8 rings (SSSR count). The van der Waals surface area contributed by atoms with Gasteiger partial charge in [0.1, 0.15) is 23.7 Å². The number of imidazole rings is 2. The Balaban J connectivity index is 0.944. The number of aromatic amines is 2. The third-order valence-electron chi connectivity index (χ3n) is 11.8. The number of carbonyl (C=O) groups excluding carboxylic acids is 3. The standard InChI is InChI=1S/C47H52N8O4/c1-29(2)41(52-47(58)59-5)45(56)54-23-9-13-39(54)43-48-27-37(50-43)31-17-15-30(16-18-31)33-19-20-35-26-36(22-21-34(35)25-33)38-28-49-44(51-38)40-14-10-24-55(40)46(57)42(53(3)4)32-11-7-6-8-12-32/h6-8,11-12,15-22,25-29,39-42H,9-10,13-14,23-24H2,1-5H3,(H,48,50)(H,49,51)(H,52,58)/t39?,40-,41-,42+/m0/s1. The normalized spacial score (nSPS) is 17.8. The number of fused-ring (bicyclic) bond motifs is 1. The molecule has 0 spiro atoms. The van der Waals surface area contributed by atoms with Gasteiger partial charge in [-0.2, -0.15) is 0 Å². The van der Waals surface area contributed by atoms with Crippen LogP contribution in [-0.4, -0.2) is 92.9 Å². The second kappa shape index (κ2) is 16.9. The van der Waals surface area contributed by atoms with E-state index >= 15 is 0 Å². The maximum absolute atomic E-state index is 14.0. The zero-order valence-corrected chi connectivity index (χ0v) is 34.3. The van der Waals surface area contributed by atoms with E-state index in [0.29, 0.717) is 13.1 Å². The number of nitrogens with zero attached hydrogens (tertiary/aromatic N) is 5. The molecular formula is C47H52N8O4. The van der Waals surface area contributed by atoms with Crippen molar-refractivity contribution in [3.63, 3.8) is 0 Å². The van der Waals surface area contributed by atoms with Gasteiger partial charge in [0.2, 0.25) is 11.8 Å². The smallest absolute Gasteiger partial charge is 0.407 e. The summed E-state index contributed by atoms with van der Waals surface area (Å²) in [6.45, 7) is 5.14. The lowest BCUT2D eigenvalue weighted by Crippen LogP contribution is -2.51. The summed E-state index contributed by atoms with van der Waals surface area (Å²) in [5, 5.41) is 4.96.